The highest BCUT2D eigenvalue weighted by Crippen LogP contribution is 2.31. The molecule has 1 aromatic carbocycles. The van der Waals surface area contributed by atoms with Crippen LogP contribution in [0.2, 0.25) is 0 Å². The smallest absolute Gasteiger partial charge is 0.416 e. The van der Waals surface area contributed by atoms with E-state index < -0.39 is 23.8 Å². The number of halogens is 3. The molecule has 1 aromatic rings. The number of nitriles is 1. The van der Waals surface area contributed by atoms with Crippen LogP contribution < -0.4 is 5.32 Å². The second kappa shape index (κ2) is 4.96. The topological polar surface area (TPSA) is 73.1 Å². The minimum absolute atomic E-state index is 0.0559. The molecule has 0 radical (unpaired) electrons. The summed E-state index contributed by atoms with van der Waals surface area (Å²) in [5, 5.41) is 19.9. The zero-order valence-electron chi connectivity index (χ0n) is 9.25. The van der Waals surface area contributed by atoms with Gasteiger partial charge in [0.05, 0.1) is 16.8 Å². The fraction of sp³-hybridized carbons (Fsp3) is 0.273. The van der Waals surface area contributed by atoms with Crippen LogP contribution in [0.3, 0.4) is 0 Å². The van der Waals surface area contributed by atoms with Gasteiger partial charge in [-0.1, -0.05) is 0 Å². The molecular weight excluding hydrogens is 249 g/mol. The first-order valence-corrected chi connectivity index (χ1v) is 4.86. The van der Waals surface area contributed by atoms with Gasteiger partial charge in [-0.05, 0) is 25.1 Å². The van der Waals surface area contributed by atoms with Gasteiger partial charge in [-0.2, -0.15) is 18.4 Å². The highest BCUT2D eigenvalue weighted by atomic mass is 19.4. The third kappa shape index (κ3) is 3.13. The van der Waals surface area contributed by atoms with Crippen LogP contribution in [0.15, 0.2) is 18.2 Å². The Bertz CT molecular complexity index is 506. The van der Waals surface area contributed by atoms with Crippen LogP contribution in [0.1, 0.15) is 18.1 Å². The van der Waals surface area contributed by atoms with Gasteiger partial charge in [-0.15, -0.1) is 0 Å². The molecule has 2 N–H and O–H groups in total. The third-order valence-electron chi connectivity index (χ3n) is 2.21. The van der Waals surface area contributed by atoms with Gasteiger partial charge in [0, 0.05) is 0 Å². The van der Waals surface area contributed by atoms with Gasteiger partial charge in [0.15, 0.2) is 0 Å². The van der Waals surface area contributed by atoms with Crippen molar-refractivity contribution in [2.75, 3.05) is 5.32 Å². The average Bonchev–Trinajstić information content (AvgIpc) is 2.27. The van der Waals surface area contributed by atoms with E-state index in [0.29, 0.717) is 6.07 Å². The van der Waals surface area contributed by atoms with E-state index in [4.69, 9.17) is 10.4 Å². The molecule has 1 atom stereocenters. The molecule has 0 unspecified atom stereocenters. The molecule has 0 fully saturated rings. The summed E-state index contributed by atoms with van der Waals surface area (Å²) in [6.07, 6.45) is -4.54. The summed E-state index contributed by atoms with van der Waals surface area (Å²) in [6, 6.07) is 3.10. The maximum absolute atomic E-state index is 12.4. The number of benzene rings is 1. The molecule has 0 aromatic heterocycles. The van der Waals surface area contributed by atoms with E-state index in [1.807, 2.05) is 0 Å². The van der Waals surface area contributed by atoms with E-state index in [-0.39, 0.29) is 11.3 Å². The molecule has 0 aliphatic carbocycles. The van der Waals surface area contributed by atoms with Crippen molar-refractivity contribution >= 4 is 11.7 Å². The lowest BCUT2D eigenvalue weighted by molar-refractivity contribution is -0.138. The van der Waals surface area contributed by atoms with E-state index in [2.05, 4.69) is 5.32 Å². The molecule has 7 heteroatoms. The molecule has 4 nitrogen and oxygen atoms in total. The standard InChI is InChI=1S/C11H9F3N2O2/c1-6(10(17)18)16-9-3-2-8(11(12,13)14)4-7(9)5-15/h2-4,6,16H,1H3,(H,17,18)/t6-/m0/s1. The molecule has 0 aliphatic rings. The summed E-state index contributed by atoms with van der Waals surface area (Å²) in [5.74, 6) is -1.17. The Labute approximate surface area is 101 Å². The molecule has 0 saturated heterocycles. The predicted octanol–water partition coefficient (Wildman–Crippen LogP) is 2.46. The van der Waals surface area contributed by atoms with E-state index in [0.717, 1.165) is 12.1 Å². The molecule has 0 heterocycles. The summed E-state index contributed by atoms with van der Waals surface area (Å²) in [4.78, 5) is 10.6. The first kappa shape index (κ1) is 13.8. The number of carboxylic acid groups (broad SMARTS) is 1. The lowest BCUT2D eigenvalue weighted by atomic mass is 10.1. The number of aliphatic carboxylic acids is 1. The fourth-order valence-corrected chi connectivity index (χ4v) is 1.23. The molecule has 18 heavy (non-hydrogen) atoms. The number of hydrogen-bond acceptors (Lipinski definition) is 3. The van der Waals surface area contributed by atoms with Gasteiger partial charge in [-0.25, -0.2) is 0 Å². The van der Waals surface area contributed by atoms with E-state index in [1.165, 1.54) is 6.92 Å². The van der Waals surface area contributed by atoms with Crippen molar-refractivity contribution < 1.29 is 23.1 Å². The predicted molar refractivity (Wildman–Crippen MR) is 56.9 cm³/mol. The molecular formula is C11H9F3N2O2. The highest BCUT2D eigenvalue weighted by Gasteiger charge is 2.31. The second-order valence-corrected chi connectivity index (χ2v) is 3.57. The normalized spacial score (nSPS) is 12.6. The van der Waals surface area contributed by atoms with Crippen molar-refractivity contribution in [3.63, 3.8) is 0 Å². The first-order valence-electron chi connectivity index (χ1n) is 4.86. The van der Waals surface area contributed by atoms with Gasteiger partial charge in [-0.3, -0.25) is 4.79 Å². The largest absolute Gasteiger partial charge is 0.480 e. The number of alkyl halides is 3. The van der Waals surface area contributed by atoms with Crippen molar-refractivity contribution in [1.82, 2.24) is 0 Å². The Morgan fingerprint density at radius 2 is 2.11 bits per heavy atom. The minimum atomic E-state index is -4.54. The summed E-state index contributed by atoms with van der Waals surface area (Å²) in [6.45, 7) is 1.32. The SMILES string of the molecule is C[C@H](Nc1ccc(C(F)(F)F)cc1C#N)C(=O)O. The Balaban J connectivity index is 3.10. The van der Waals surface area contributed by atoms with Crippen LogP contribution in [0.4, 0.5) is 18.9 Å². The van der Waals surface area contributed by atoms with Crippen molar-refractivity contribution in [3.05, 3.63) is 29.3 Å². The van der Waals surface area contributed by atoms with Gasteiger partial charge in [0.1, 0.15) is 12.1 Å². The fourth-order valence-electron chi connectivity index (χ4n) is 1.23. The number of carbonyl (C=O) groups is 1. The Morgan fingerprint density at radius 3 is 2.56 bits per heavy atom. The quantitative estimate of drug-likeness (QED) is 0.873. The average molecular weight is 258 g/mol. The number of nitrogens with one attached hydrogen (secondary N) is 1. The van der Waals surface area contributed by atoms with Crippen molar-refractivity contribution in [2.24, 2.45) is 0 Å². The van der Waals surface area contributed by atoms with E-state index in [9.17, 15) is 18.0 Å². The number of nitrogens with zero attached hydrogens (tertiary/aromatic N) is 1. The third-order valence-corrected chi connectivity index (χ3v) is 2.21. The molecule has 0 bridgehead atoms. The Morgan fingerprint density at radius 1 is 1.50 bits per heavy atom. The molecule has 0 aliphatic heterocycles. The van der Waals surface area contributed by atoms with Crippen LogP contribution in [0.25, 0.3) is 0 Å². The first-order chi connectivity index (χ1) is 8.25. The summed E-state index contributed by atoms with van der Waals surface area (Å²) < 4.78 is 37.2. The number of hydrogen-bond donors (Lipinski definition) is 2. The van der Waals surface area contributed by atoms with Gasteiger partial charge in [0.2, 0.25) is 0 Å². The summed E-state index contributed by atoms with van der Waals surface area (Å²) >= 11 is 0. The zero-order chi connectivity index (χ0) is 13.9. The van der Waals surface area contributed by atoms with E-state index in [1.54, 1.807) is 6.07 Å². The van der Waals surface area contributed by atoms with Crippen molar-refractivity contribution in [3.8, 4) is 6.07 Å². The van der Waals surface area contributed by atoms with Gasteiger partial charge >= 0.3 is 12.1 Å². The van der Waals surface area contributed by atoms with Crippen molar-refractivity contribution in [2.45, 2.75) is 19.1 Å². The van der Waals surface area contributed by atoms with Crippen LogP contribution in [-0.2, 0) is 11.0 Å². The Kier molecular flexibility index (Phi) is 3.81. The maximum Gasteiger partial charge on any atom is 0.416 e. The summed E-state index contributed by atoms with van der Waals surface area (Å²) in [5.41, 5.74) is -1.15. The monoisotopic (exact) mass is 258 g/mol. The lowest BCUT2D eigenvalue weighted by Gasteiger charge is -2.14. The van der Waals surface area contributed by atoms with Crippen LogP contribution in [0.5, 0.6) is 0 Å². The number of anilines is 1. The molecule has 0 saturated carbocycles. The zero-order valence-corrected chi connectivity index (χ0v) is 9.25. The van der Waals surface area contributed by atoms with Gasteiger partial charge < -0.3 is 10.4 Å². The van der Waals surface area contributed by atoms with Crippen molar-refractivity contribution in [1.29, 1.82) is 5.26 Å². The number of rotatable bonds is 3. The van der Waals surface area contributed by atoms with Gasteiger partial charge in [0.25, 0.3) is 0 Å². The second-order valence-electron chi connectivity index (χ2n) is 3.57. The van der Waals surface area contributed by atoms with E-state index >= 15 is 0 Å². The molecule has 0 spiro atoms. The molecule has 0 amide bonds. The Hall–Kier alpha value is -2.23. The number of carboxylic acids is 1. The molecule has 96 valence electrons. The lowest BCUT2D eigenvalue weighted by Crippen LogP contribution is -2.25. The maximum atomic E-state index is 12.4. The highest BCUT2D eigenvalue weighted by molar-refractivity contribution is 5.77. The van der Waals surface area contributed by atoms with Crippen LogP contribution >= 0.6 is 0 Å². The van der Waals surface area contributed by atoms with Crippen LogP contribution in [-0.4, -0.2) is 17.1 Å². The summed E-state index contributed by atoms with van der Waals surface area (Å²) in [7, 11) is 0. The molecule has 1 rings (SSSR count). The van der Waals surface area contributed by atoms with Crippen LogP contribution in [0, 0.1) is 11.3 Å². The minimum Gasteiger partial charge on any atom is -0.480 e.